The molecule has 5 nitrogen and oxygen atoms in total. The van der Waals surface area contributed by atoms with Crippen molar-refractivity contribution in [2.24, 2.45) is 0 Å². The van der Waals surface area contributed by atoms with Gasteiger partial charge in [0.1, 0.15) is 4.88 Å². The van der Waals surface area contributed by atoms with E-state index in [0.29, 0.717) is 16.9 Å². The van der Waals surface area contributed by atoms with Gasteiger partial charge in [0.2, 0.25) is 0 Å². The average Bonchev–Trinajstić information content (AvgIpc) is 2.95. The first-order valence-electron chi connectivity index (χ1n) is 6.27. The fourth-order valence-corrected chi connectivity index (χ4v) is 2.46. The Morgan fingerprint density at radius 2 is 2.15 bits per heavy atom. The van der Waals surface area contributed by atoms with E-state index in [1.807, 2.05) is 26.0 Å². The van der Waals surface area contributed by atoms with Gasteiger partial charge in [-0.1, -0.05) is 23.5 Å². The van der Waals surface area contributed by atoms with Gasteiger partial charge in [-0.25, -0.2) is 0 Å². The number of nitrogens with zero attached hydrogens (tertiary/aromatic N) is 3. The zero-order valence-electron chi connectivity index (χ0n) is 11.3. The number of amides is 1. The van der Waals surface area contributed by atoms with Crippen molar-refractivity contribution in [2.45, 2.75) is 26.3 Å². The third-order valence-electron chi connectivity index (χ3n) is 2.98. The Hall–Kier alpha value is -2.26. The molecule has 1 aromatic heterocycles. The summed E-state index contributed by atoms with van der Waals surface area (Å²) in [7, 11) is 0. The number of nitrogens with one attached hydrogen (secondary N) is 1. The number of aryl methyl sites for hydroxylation is 1. The molecule has 20 heavy (non-hydrogen) atoms. The second kappa shape index (κ2) is 6.26. The third-order valence-corrected chi connectivity index (χ3v) is 3.75. The fourth-order valence-electron chi connectivity index (χ4n) is 1.80. The summed E-state index contributed by atoms with van der Waals surface area (Å²) in [4.78, 5) is 12.7. The summed E-state index contributed by atoms with van der Waals surface area (Å²) in [6.45, 7) is 3.84. The SMILES string of the molecule is CCc1nnsc1C(=O)NC(C)c1ccc(C#N)cc1. The maximum Gasteiger partial charge on any atom is 0.265 e. The third kappa shape index (κ3) is 3.00. The van der Waals surface area contributed by atoms with Crippen molar-refractivity contribution in [3.8, 4) is 6.07 Å². The largest absolute Gasteiger partial charge is 0.345 e. The molecule has 1 heterocycles. The van der Waals surface area contributed by atoms with Crippen LogP contribution in [0.3, 0.4) is 0 Å². The van der Waals surface area contributed by atoms with Crippen LogP contribution in [0.1, 0.15) is 46.4 Å². The molecule has 0 bridgehead atoms. The van der Waals surface area contributed by atoms with Crippen molar-refractivity contribution in [2.75, 3.05) is 0 Å². The van der Waals surface area contributed by atoms with Gasteiger partial charge in [-0.3, -0.25) is 4.79 Å². The fraction of sp³-hybridized carbons (Fsp3) is 0.286. The normalized spacial score (nSPS) is 11.7. The first-order valence-corrected chi connectivity index (χ1v) is 7.05. The molecule has 1 amide bonds. The Labute approximate surface area is 121 Å². The lowest BCUT2D eigenvalue weighted by atomic mass is 10.1. The Balaban J connectivity index is 2.09. The zero-order valence-corrected chi connectivity index (χ0v) is 12.1. The van der Waals surface area contributed by atoms with E-state index in [1.54, 1.807) is 12.1 Å². The van der Waals surface area contributed by atoms with Crippen molar-refractivity contribution in [3.63, 3.8) is 0 Å². The van der Waals surface area contributed by atoms with Gasteiger partial charge in [-0.2, -0.15) is 5.26 Å². The zero-order chi connectivity index (χ0) is 14.5. The summed E-state index contributed by atoms with van der Waals surface area (Å²) < 4.78 is 3.81. The lowest BCUT2D eigenvalue weighted by molar-refractivity contribution is 0.0943. The number of rotatable bonds is 4. The number of nitriles is 1. The van der Waals surface area contributed by atoms with Crippen molar-refractivity contribution in [1.29, 1.82) is 5.26 Å². The second-order valence-corrected chi connectivity index (χ2v) is 5.09. The summed E-state index contributed by atoms with van der Waals surface area (Å²) in [5.41, 5.74) is 2.28. The van der Waals surface area contributed by atoms with E-state index >= 15 is 0 Å². The molecule has 0 spiro atoms. The monoisotopic (exact) mass is 286 g/mol. The van der Waals surface area contributed by atoms with Crippen LogP contribution >= 0.6 is 11.5 Å². The highest BCUT2D eigenvalue weighted by molar-refractivity contribution is 7.08. The standard InChI is InChI=1S/C14H14N4OS/c1-3-12-13(20-18-17-12)14(19)16-9(2)11-6-4-10(8-15)5-7-11/h4-7,9H,3H2,1-2H3,(H,16,19). The van der Waals surface area contributed by atoms with Gasteiger partial charge in [0, 0.05) is 0 Å². The van der Waals surface area contributed by atoms with E-state index in [0.717, 1.165) is 22.8 Å². The maximum absolute atomic E-state index is 12.2. The van der Waals surface area contributed by atoms with Gasteiger partial charge in [-0.15, -0.1) is 5.10 Å². The predicted octanol–water partition coefficient (Wildman–Crippen LogP) is 2.46. The van der Waals surface area contributed by atoms with Gasteiger partial charge < -0.3 is 5.32 Å². The number of benzene rings is 1. The minimum absolute atomic E-state index is 0.137. The quantitative estimate of drug-likeness (QED) is 0.936. The Morgan fingerprint density at radius 1 is 1.45 bits per heavy atom. The minimum atomic E-state index is -0.159. The van der Waals surface area contributed by atoms with E-state index < -0.39 is 0 Å². The first-order chi connectivity index (χ1) is 9.65. The smallest absolute Gasteiger partial charge is 0.265 e. The maximum atomic E-state index is 12.2. The molecule has 0 aliphatic heterocycles. The number of carbonyl (C=O) groups excluding carboxylic acids is 1. The molecule has 0 aliphatic carbocycles. The summed E-state index contributed by atoms with van der Waals surface area (Å²) in [5, 5.41) is 15.6. The van der Waals surface area contributed by atoms with Crippen LogP contribution in [0.15, 0.2) is 24.3 Å². The van der Waals surface area contributed by atoms with E-state index in [1.165, 1.54) is 0 Å². The molecule has 0 fully saturated rings. The molecule has 2 aromatic rings. The molecule has 1 aromatic carbocycles. The van der Waals surface area contributed by atoms with E-state index in [-0.39, 0.29) is 11.9 Å². The van der Waals surface area contributed by atoms with Crippen LogP contribution in [0.4, 0.5) is 0 Å². The van der Waals surface area contributed by atoms with Gasteiger partial charge >= 0.3 is 0 Å². The molecule has 0 saturated carbocycles. The van der Waals surface area contributed by atoms with Crippen molar-refractivity contribution < 1.29 is 4.79 Å². The predicted molar refractivity (Wildman–Crippen MR) is 76.3 cm³/mol. The van der Waals surface area contributed by atoms with Gasteiger partial charge in [-0.05, 0) is 42.6 Å². The van der Waals surface area contributed by atoms with Crippen LogP contribution in [0.5, 0.6) is 0 Å². The summed E-state index contributed by atoms with van der Waals surface area (Å²) in [6, 6.07) is 9.10. The van der Waals surface area contributed by atoms with Crippen LogP contribution in [0, 0.1) is 11.3 Å². The molecule has 0 radical (unpaired) electrons. The topological polar surface area (TPSA) is 78.7 Å². The molecule has 6 heteroatoms. The van der Waals surface area contributed by atoms with Crippen LogP contribution in [-0.2, 0) is 6.42 Å². The molecule has 1 N–H and O–H groups in total. The average molecular weight is 286 g/mol. The van der Waals surface area contributed by atoms with Gasteiger partial charge in [0.25, 0.3) is 5.91 Å². The number of aromatic nitrogens is 2. The lowest BCUT2D eigenvalue weighted by Gasteiger charge is -2.13. The molecule has 1 atom stereocenters. The summed E-state index contributed by atoms with van der Waals surface area (Å²) in [6.07, 6.45) is 0.685. The molecule has 102 valence electrons. The molecular formula is C14H14N4OS. The highest BCUT2D eigenvalue weighted by Gasteiger charge is 2.17. The van der Waals surface area contributed by atoms with Crippen molar-refractivity contribution >= 4 is 17.4 Å². The Bertz CT molecular complexity index is 642. The molecule has 2 rings (SSSR count). The van der Waals surface area contributed by atoms with E-state index in [2.05, 4.69) is 21.0 Å². The van der Waals surface area contributed by atoms with E-state index in [9.17, 15) is 4.79 Å². The lowest BCUT2D eigenvalue weighted by Crippen LogP contribution is -2.26. The van der Waals surface area contributed by atoms with Crippen molar-refractivity contribution in [1.82, 2.24) is 14.9 Å². The minimum Gasteiger partial charge on any atom is -0.345 e. The van der Waals surface area contributed by atoms with Gasteiger partial charge in [0.05, 0.1) is 23.4 Å². The van der Waals surface area contributed by atoms with Crippen LogP contribution in [0.2, 0.25) is 0 Å². The van der Waals surface area contributed by atoms with Crippen molar-refractivity contribution in [3.05, 3.63) is 46.0 Å². The Kier molecular flexibility index (Phi) is 4.43. The molecule has 1 unspecified atom stereocenters. The second-order valence-electron chi connectivity index (χ2n) is 4.33. The molecule has 0 saturated heterocycles. The number of carbonyl (C=O) groups is 1. The molecule has 0 aliphatic rings. The summed E-state index contributed by atoms with van der Waals surface area (Å²) >= 11 is 1.11. The number of hydrogen-bond acceptors (Lipinski definition) is 5. The highest BCUT2D eigenvalue weighted by atomic mass is 32.1. The summed E-state index contributed by atoms with van der Waals surface area (Å²) in [5.74, 6) is -0.159. The van der Waals surface area contributed by atoms with Crippen LogP contribution < -0.4 is 5.32 Å². The Morgan fingerprint density at radius 3 is 2.75 bits per heavy atom. The van der Waals surface area contributed by atoms with E-state index in [4.69, 9.17) is 5.26 Å². The van der Waals surface area contributed by atoms with Crippen LogP contribution in [-0.4, -0.2) is 15.5 Å². The van der Waals surface area contributed by atoms with Gasteiger partial charge in [0.15, 0.2) is 0 Å². The number of hydrogen-bond donors (Lipinski definition) is 1. The highest BCUT2D eigenvalue weighted by Crippen LogP contribution is 2.16. The van der Waals surface area contributed by atoms with Crippen LogP contribution in [0.25, 0.3) is 0 Å². The molecular weight excluding hydrogens is 272 g/mol. The first kappa shape index (κ1) is 14.2.